The van der Waals surface area contributed by atoms with Crippen molar-refractivity contribution in [3.8, 4) is 0 Å². The number of piperidine rings is 1. The minimum Gasteiger partial charge on any atom is -0.359 e. The molecule has 0 saturated carbocycles. The monoisotopic (exact) mass is 348 g/mol. The molecule has 0 aliphatic carbocycles. The van der Waals surface area contributed by atoms with Crippen LogP contribution < -0.4 is 5.32 Å². The van der Waals surface area contributed by atoms with E-state index in [-0.39, 0.29) is 11.9 Å². The summed E-state index contributed by atoms with van der Waals surface area (Å²) >= 11 is 0. The average Bonchev–Trinajstić information content (AvgIpc) is 3.21. The molecule has 0 aromatic carbocycles. The number of aromatic nitrogens is 1. The molecule has 2 saturated heterocycles. The van der Waals surface area contributed by atoms with Gasteiger partial charge in [-0.2, -0.15) is 0 Å². The summed E-state index contributed by atoms with van der Waals surface area (Å²) in [6.07, 6.45) is 5.33. The number of carbonyl (C=O) groups is 1. The quantitative estimate of drug-likeness (QED) is 0.852. The van der Waals surface area contributed by atoms with E-state index in [0.717, 1.165) is 56.9 Å². The van der Waals surface area contributed by atoms with Crippen molar-refractivity contribution in [1.29, 1.82) is 0 Å². The van der Waals surface area contributed by atoms with Crippen LogP contribution in [0.15, 0.2) is 10.6 Å². The summed E-state index contributed by atoms with van der Waals surface area (Å²) < 4.78 is 5.28. The van der Waals surface area contributed by atoms with Crippen molar-refractivity contribution in [2.24, 2.45) is 5.41 Å². The Morgan fingerprint density at radius 1 is 1.40 bits per heavy atom. The van der Waals surface area contributed by atoms with E-state index in [1.54, 1.807) is 0 Å². The van der Waals surface area contributed by atoms with E-state index in [9.17, 15) is 4.79 Å². The molecule has 140 valence electrons. The maximum absolute atomic E-state index is 12.8. The van der Waals surface area contributed by atoms with Gasteiger partial charge in [0, 0.05) is 12.6 Å². The second kappa shape index (κ2) is 7.87. The summed E-state index contributed by atoms with van der Waals surface area (Å²) in [5.41, 5.74) is 1.26. The van der Waals surface area contributed by atoms with Gasteiger partial charge in [-0.25, -0.2) is 0 Å². The normalized spacial score (nSPS) is 24.0. The van der Waals surface area contributed by atoms with Gasteiger partial charge in [0.25, 0.3) is 0 Å². The Morgan fingerprint density at radius 2 is 2.16 bits per heavy atom. The highest BCUT2D eigenvalue weighted by Gasteiger charge is 2.47. The van der Waals surface area contributed by atoms with Crippen molar-refractivity contribution in [3.05, 3.63) is 17.5 Å². The summed E-state index contributed by atoms with van der Waals surface area (Å²) in [5.74, 6) is 0.873. The Balaban J connectivity index is 1.60. The van der Waals surface area contributed by atoms with Gasteiger partial charge in [0.15, 0.2) is 5.76 Å². The Bertz CT molecular complexity index is 578. The third-order valence-electron chi connectivity index (χ3n) is 5.87. The van der Waals surface area contributed by atoms with E-state index in [1.165, 1.54) is 12.8 Å². The maximum atomic E-state index is 12.8. The Morgan fingerprint density at radius 3 is 2.80 bits per heavy atom. The van der Waals surface area contributed by atoms with Crippen molar-refractivity contribution in [2.75, 3.05) is 33.2 Å². The summed E-state index contributed by atoms with van der Waals surface area (Å²) in [4.78, 5) is 17.6. The third-order valence-corrected chi connectivity index (χ3v) is 5.87. The van der Waals surface area contributed by atoms with Crippen LogP contribution in [-0.2, 0) is 17.8 Å². The molecule has 0 unspecified atom stereocenters. The van der Waals surface area contributed by atoms with Crippen molar-refractivity contribution in [1.82, 2.24) is 20.3 Å². The molecule has 1 amide bonds. The van der Waals surface area contributed by atoms with Gasteiger partial charge in [-0.15, -0.1) is 0 Å². The Labute approximate surface area is 150 Å². The molecule has 1 aromatic rings. The second-order valence-electron chi connectivity index (χ2n) is 7.85. The molecule has 1 N–H and O–H groups in total. The van der Waals surface area contributed by atoms with Gasteiger partial charge in [0.2, 0.25) is 5.91 Å². The van der Waals surface area contributed by atoms with Crippen LogP contribution in [0.4, 0.5) is 0 Å². The van der Waals surface area contributed by atoms with Crippen molar-refractivity contribution < 1.29 is 9.32 Å². The first kappa shape index (κ1) is 18.4. The number of nitrogens with one attached hydrogen (secondary N) is 1. The Hall–Kier alpha value is -1.40. The number of carbonyl (C=O) groups excluding carboxylic acids is 1. The molecule has 1 spiro atoms. The summed E-state index contributed by atoms with van der Waals surface area (Å²) in [7, 11) is 2.19. The van der Waals surface area contributed by atoms with Crippen LogP contribution in [0.3, 0.4) is 0 Å². The molecule has 3 rings (SSSR count). The minimum absolute atomic E-state index is 0.00285. The topological polar surface area (TPSA) is 61.6 Å². The first-order valence-corrected chi connectivity index (χ1v) is 9.70. The molecule has 25 heavy (non-hydrogen) atoms. The largest absolute Gasteiger partial charge is 0.359 e. The molecular formula is C19H32N4O2. The molecule has 6 heteroatoms. The van der Waals surface area contributed by atoms with Gasteiger partial charge in [0.05, 0.1) is 18.3 Å². The molecule has 3 heterocycles. The molecule has 6 nitrogen and oxygen atoms in total. The molecule has 1 aromatic heterocycles. The third kappa shape index (κ3) is 4.23. The number of rotatable bonds is 6. The zero-order valence-corrected chi connectivity index (χ0v) is 15.9. The molecule has 2 aliphatic rings. The number of aryl methyl sites for hydroxylation is 1. The standard InChI is InChI=1S/C19H32N4O2/c1-4-8-23-14-19(6-9-22(3)10-7-19)12-17(23)18(24)20-13-16-11-15(5-2)21-25-16/h11,17H,4-10,12-14H2,1-3H3,(H,20,24)/t17-/m1/s1. The summed E-state index contributed by atoms with van der Waals surface area (Å²) in [5, 5.41) is 7.06. The van der Waals surface area contributed by atoms with Crippen LogP contribution in [0, 0.1) is 5.41 Å². The summed E-state index contributed by atoms with van der Waals surface area (Å²) in [6.45, 7) is 9.02. The fourth-order valence-electron chi connectivity index (χ4n) is 4.28. The second-order valence-corrected chi connectivity index (χ2v) is 7.85. The minimum atomic E-state index is -0.00285. The molecule has 2 fully saturated rings. The highest BCUT2D eigenvalue weighted by molar-refractivity contribution is 5.82. The van der Waals surface area contributed by atoms with Crippen LogP contribution in [0.2, 0.25) is 0 Å². The van der Waals surface area contributed by atoms with Crippen LogP contribution in [0.1, 0.15) is 51.0 Å². The van der Waals surface area contributed by atoms with Gasteiger partial charge in [-0.3, -0.25) is 9.69 Å². The predicted molar refractivity (Wildman–Crippen MR) is 97.2 cm³/mol. The fraction of sp³-hybridized carbons (Fsp3) is 0.789. The SMILES string of the molecule is CCCN1CC2(CCN(C)CC2)C[C@@H]1C(=O)NCc1cc(CC)no1. The van der Waals surface area contributed by atoms with Crippen LogP contribution in [0.25, 0.3) is 0 Å². The molecule has 0 bridgehead atoms. The number of hydrogen-bond donors (Lipinski definition) is 1. The van der Waals surface area contributed by atoms with E-state index in [4.69, 9.17) is 4.52 Å². The zero-order chi connectivity index (χ0) is 17.9. The van der Waals surface area contributed by atoms with Gasteiger partial charge < -0.3 is 14.7 Å². The van der Waals surface area contributed by atoms with E-state index < -0.39 is 0 Å². The molecule has 2 aliphatic heterocycles. The van der Waals surface area contributed by atoms with Gasteiger partial charge in [0.1, 0.15) is 0 Å². The van der Waals surface area contributed by atoms with Gasteiger partial charge in [-0.05, 0) is 64.2 Å². The van der Waals surface area contributed by atoms with E-state index in [2.05, 4.69) is 34.2 Å². The molecule has 1 atom stereocenters. The highest BCUT2D eigenvalue weighted by atomic mass is 16.5. The smallest absolute Gasteiger partial charge is 0.237 e. The van der Waals surface area contributed by atoms with E-state index in [0.29, 0.717) is 12.0 Å². The molecular weight excluding hydrogens is 316 g/mol. The molecule has 0 radical (unpaired) electrons. The van der Waals surface area contributed by atoms with Crippen molar-refractivity contribution in [2.45, 2.75) is 58.5 Å². The lowest BCUT2D eigenvalue weighted by Gasteiger charge is -2.37. The lowest BCUT2D eigenvalue weighted by molar-refractivity contribution is -0.125. The summed E-state index contributed by atoms with van der Waals surface area (Å²) in [6, 6.07) is 1.92. The zero-order valence-electron chi connectivity index (χ0n) is 15.9. The van der Waals surface area contributed by atoms with Crippen LogP contribution in [-0.4, -0.2) is 60.1 Å². The van der Waals surface area contributed by atoms with Crippen molar-refractivity contribution >= 4 is 5.91 Å². The first-order chi connectivity index (χ1) is 12.0. The lowest BCUT2D eigenvalue weighted by Crippen LogP contribution is -2.43. The lowest BCUT2D eigenvalue weighted by atomic mass is 9.76. The van der Waals surface area contributed by atoms with E-state index in [1.807, 2.05) is 13.0 Å². The van der Waals surface area contributed by atoms with E-state index >= 15 is 0 Å². The van der Waals surface area contributed by atoms with Gasteiger partial charge >= 0.3 is 0 Å². The van der Waals surface area contributed by atoms with Crippen LogP contribution >= 0.6 is 0 Å². The highest BCUT2D eigenvalue weighted by Crippen LogP contribution is 2.43. The maximum Gasteiger partial charge on any atom is 0.237 e. The van der Waals surface area contributed by atoms with Crippen molar-refractivity contribution in [3.63, 3.8) is 0 Å². The first-order valence-electron chi connectivity index (χ1n) is 9.70. The average molecular weight is 348 g/mol. The number of hydrogen-bond acceptors (Lipinski definition) is 5. The number of likely N-dealkylation sites (tertiary alicyclic amines) is 2. The fourth-order valence-corrected chi connectivity index (χ4v) is 4.28. The van der Waals surface area contributed by atoms with Gasteiger partial charge in [-0.1, -0.05) is 19.0 Å². The number of amides is 1. The Kier molecular flexibility index (Phi) is 5.79. The predicted octanol–water partition coefficient (Wildman–Crippen LogP) is 2.05. The number of nitrogens with zero attached hydrogens (tertiary/aromatic N) is 3. The van der Waals surface area contributed by atoms with Crippen LogP contribution in [0.5, 0.6) is 0 Å².